The average Bonchev–Trinajstić information content (AvgIpc) is 3.07. The van der Waals surface area contributed by atoms with E-state index < -0.39 is 0 Å². The number of fused-ring (bicyclic) bond motifs is 2. The van der Waals surface area contributed by atoms with E-state index in [1.54, 1.807) is 6.20 Å². The summed E-state index contributed by atoms with van der Waals surface area (Å²) in [4.78, 5) is 19.2. The van der Waals surface area contributed by atoms with E-state index in [1.165, 1.54) is 12.8 Å². The molecule has 1 N–H and O–H groups in total. The van der Waals surface area contributed by atoms with Crippen LogP contribution in [0.25, 0.3) is 10.8 Å². The summed E-state index contributed by atoms with van der Waals surface area (Å²) in [5.74, 6) is -0.131. The Morgan fingerprint density at radius 2 is 2.26 bits per heavy atom. The van der Waals surface area contributed by atoms with E-state index in [0.29, 0.717) is 18.3 Å². The van der Waals surface area contributed by atoms with E-state index in [1.807, 2.05) is 30.3 Å². The van der Waals surface area contributed by atoms with Gasteiger partial charge in [-0.25, -0.2) is 0 Å². The van der Waals surface area contributed by atoms with Crippen LogP contribution in [0.15, 0.2) is 36.5 Å². The molecule has 0 saturated carbocycles. The van der Waals surface area contributed by atoms with Crippen molar-refractivity contribution in [3.8, 4) is 0 Å². The zero-order valence-corrected chi connectivity index (χ0v) is 13.1. The molecule has 1 aromatic carbocycles. The van der Waals surface area contributed by atoms with E-state index in [0.717, 1.165) is 30.5 Å². The zero-order chi connectivity index (χ0) is 15.6. The topological polar surface area (TPSA) is 54.5 Å². The number of benzene rings is 1. The first-order valence-corrected chi connectivity index (χ1v) is 8.29. The van der Waals surface area contributed by atoms with Crippen molar-refractivity contribution in [1.29, 1.82) is 0 Å². The second-order valence-electron chi connectivity index (χ2n) is 6.34. The highest BCUT2D eigenvalue weighted by molar-refractivity contribution is 6.05. The van der Waals surface area contributed by atoms with Gasteiger partial charge in [-0.1, -0.05) is 24.3 Å². The summed E-state index contributed by atoms with van der Waals surface area (Å²) in [5.41, 5.74) is 0.484. The number of ether oxygens (including phenoxy) is 1. The maximum absolute atomic E-state index is 12.5. The Kier molecular flexibility index (Phi) is 3.97. The van der Waals surface area contributed by atoms with Gasteiger partial charge in [-0.2, -0.15) is 0 Å². The van der Waals surface area contributed by atoms with Crippen molar-refractivity contribution >= 4 is 16.7 Å². The summed E-state index contributed by atoms with van der Waals surface area (Å²) in [5, 5.41) is 4.90. The molecule has 3 heterocycles. The standard InChI is InChI=1S/C18H21N3O2/c22-18(17-16-6-2-1-4-13(16)7-8-19-17)20-10-15-11-21-9-3-5-14(21)12-23-15/h1-2,4,6-8,14-15H,3,5,9-12H2,(H,20,22). The molecule has 120 valence electrons. The molecule has 2 atom stereocenters. The summed E-state index contributed by atoms with van der Waals surface area (Å²) in [6, 6.07) is 10.3. The molecule has 1 amide bonds. The second-order valence-corrected chi connectivity index (χ2v) is 6.34. The van der Waals surface area contributed by atoms with Crippen LogP contribution in [0.1, 0.15) is 23.3 Å². The van der Waals surface area contributed by atoms with Crippen molar-refractivity contribution in [2.75, 3.05) is 26.2 Å². The maximum Gasteiger partial charge on any atom is 0.270 e. The lowest BCUT2D eigenvalue weighted by Crippen LogP contribution is -2.50. The first kappa shape index (κ1) is 14.6. The van der Waals surface area contributed by atoms with Crippen LogP contribution >= 0.6 is 0 Å². The first-order valence-electron chi connectivity index (χ1n) is 8.29. The summed E-state index contributed by atoms with van der Waals surface area (Å²) in [7, 11) is 0. The summed E-state index contributed by atoms with van der Waals surface area (Å²) in [6.07, 6.45) is 4.25. The van der Waals surface area contributed by atoms with Crippen LogP contribution in [0, 0.1) is 0 Å². The number of nitrogens with zero attached hydrogens (tertiary/aromatic N) is 2. The SMILES string of the molecule is O=C(NCC1CN2CCCC2CO1)c1nccc2ccccc12. The number of hydrogen-bond acceptors (Lipinski definition) is 4. The smallest absolute Gasteiger partial charge is 0.270 e. The Morgan fingerprint density at radius 3 is 3.22 bits per heavy atom. The molecule has 0 radical (unpaired) electrons. The molecule has 5 heteroatoms. The molecule has 5 nitrogen and oxygen atoms in total. The molecule has 2 unspecified atom stereocenters. The van der Waals surface area contributed by atoms with Crippen LogP contribution in [-0.4, -0.2) is 54.2 Å². The molecule has 4 rings (SSSR count). The van der Waals surface area contributed by atoms with Crippen LogP contribution in [0.2, 0.25) is 0 Å². The van der Waals surface area contributed by atoms with Crippen molar-refractivity contribution < 1.29 is 9.53 Å². The fraction of sp³-hybridized carbons (Fsp3) is 0.444. The lowest BCUT2D eigenvalue weighted by molar-refractivity contribution is -0.0461. The normalized spacial score (nSPS) is 24.5. The van der Waals surface area contributed by atoms with Gasteiger partial charge in [0.1, 0.15) is 5.69 Å². The highest BCUT2D eigenvalue weighted by Crippen LogP contribution is 2.22. The molecule has 0 aliphatic carbocycles. The lowest BCUT2D eigenvalue weighted by Gasteiger charge is -2.35. The maximum atomic E-state index is 12.5. The minimum atomic E-state index is -0.131. The molecule has 0 bridgehead atoms. The van der Waals surface area contributed by atoms with Crippen molar-refractivity contribution in [1.82, 2.24) is 15.2 Å². The molecule has 0 spiro atoms. The Bertz CT molecular complexity index is 713. The summed E-state index contributed by atoms with van der Waals surface area (Å²) >= 11 is 0. The van der Waals surface area contributed by atoms with Crippen molar-refractivity contribution in [2.24, 2.45) is 0 Å². The summed E-state index contributed by atoms with van der Waals surface area (Å²) in [6.45, 7) is 3.39. The van der Waals surface area contributed by atoms with Gasteiger partial charge < -0.3 is 10.1 Å². The molecule has 23 heavy (non-hydrogen) atoms. The van der Waals surface area contributed by atoms with Gasteiger partial charge >= 0.3 is 0 Å². The first-order chi connectivity index (χ1) is 11.3. The number of rotatable bonds is 3. The molecule has 2 aliphatic heterocycles. The second kappa shape index (κ2) is 6.26. The highest BCUT2D eigenvalue weighted by atomic mass is 16.5. The number of morpholine rings is 1. The number of nitrogens with one attached hydrogen (secondary N) is 1. The van der Waals surface area contributed by atoms with Crippen LogP contribution in [0.3, 0.4) is 0 Å². The monoisotopic (exact) mass is 311 g/mol. The molecule has 1 aromatic heterocycles. The van der Waals surface area contributed by atoms with Crippen molar-refractivity contribution in [3.63, 3.8) is 0 Å². The number of carbonyl (C=O) groups is 1. The Hall–Kier alpha value is -1.98. The Balaban J connectivity index is 1.41. The predicted molar refractivity (Wildman–Crippen MR) is 88.4 cm³/mol. The summed E-state index contributed by atoms with van der Waals surface area (Å²) < 4.78 is 5.89. The molecule has 2 aromatic rings. The molecule has 2 aliphatic rings. The molecular weight excluding hydrogens is 290 g/mol. The van der Waals surface area contributed by atoms with Gasteiger partial charge in [0.25, 0.3) is 5.91 Å². The fourth-order valence-corrected chi connectivity index (χ4v) is 3.60. The number of aromatic nitrogens is 1. The van der Waals surface area contributed by atoms with E-state index in [9.17, 15) is 4.79 Å². The highest BCUT2D eigenvalue weighted by Gasteiger charge is 2.32. The van der Waals surface area contributed by atoms with Crippen LogP contribution in [-0.2, 0) is 4.74 Å². The van der Waals surface area contributed by atoms with Crippen LogP contribution < -0.4 is 5.32 Å². The molecular formula is C18H21N3O2. The number of carbonyl (C=O) groups excluding carboxylic acids is 1. The lowest BCUT2D eigenvalue weighted by atomic mass is 10.1. The Morgan fingerprint density at radius 1 is 1.35 bits per heavy atom. The Labute approximate surface area is 135 Å². The van der Waals surface area contributed by atoms with Crippen LogP contribution in [0.4, 0.5) is 0 Å². The van der Waals surface area contributed by atoms with Gasteiger partial charge in [0, 0.05) is 30.7 Å². The van der Waals surface area contributed by atoms with E-state index in [-0.39, 0.29) is 12.0 Å². The van der Waals surface area contributed by atoms with Gasteiger partial charge in [-0.15, -0.1) is 0 Å². The minimum Gasteiger partial charge on any atom is -0.373 e. The van der Waals surface area contributed by atoms with E-state index in [2.05, 4.69) is 15.2 Å². The number of hydrogen-bond donors (Lipinski definition) is 1. The third-order valence-corrected chi connectivity index (χ3v) is 4.84. The molecule has 2 fully saturated rings. The zero-order valence-electron chi connectivity index (χ0n) is 13.1. The predicted octanol–water partition coefficient (Wildman–Crippen LogP) is 1.83. The van der Waals surface area contributed by atoms with Gasteiger partial charge in [-0.05, 0) is 30.8 Å². The van der Waals surface area contributed by atoms with Gasteiger partial charge in [0.05, 0.1) is 12.7 Å². The van der Waals surface area contributed by atoms with E-state index >= 15 is 0 Å². The average molecular weight is 311 g/mol. The van der Waals surface area contributed by atoms with Crippen LogP contribution in [0.5, 0.6) is 0 Å². The molecule has 2 saturated heterocycles. The third kappa shape index (κ3) is 2.94. The fourth-order valence-electron chi connectivity index (χ4n) is 3.60. The van der Waals surface area contributed by atoms with Gasteiger partial charge in [0.2, 0.25) is 0 Å². The number of amides is 1. The van der Waals surface area contributed by atoms with Crippen molar-refractivity contribution in [2.45, 2.75) is 25.0 Å². The quantitative estimate of drug-likeness (QED) is 0.939. The number of pyridine rings is 1. The van der Waals surface area contributed by atoms with Crippen molar-refractivity contribution in [3.05, 3.63) is 42.2 Å². The largest absolute Gasteiger partial charge is 0.373 e. The third-order valence-electron chi connectivity index (χ3n) is 4.84. The minimum absolute atomic E-state index is 0.0725. The van der Waals surface area contributed by atoms with Gasteiger partial charge in [0.15, 0.2) is 0 Å². The van der Waals surface area contributed by atoms with Gasteiger partial charge in [-0.3, -0.25) is 14.7 Å². The van der Waals surface area contributed by atoms with E-state index in [4.69, 9.17) is 4.74 Å².